The van der Waals surface area contributed by atoms with Crippen molar-refractivity contribution in [3.8, 4) is 16.3 Å². The van der Waals surface area contributed by atoms with E-state index in [2.05, 4.69) is 20.2 Å². The molecule has 3 heterocycles. The number of hydrogen-bond donors (Lipinski definition) is 1. The van der Waals surface area contributed by atoms with E-state index >= 15 is 0 Å². The molecule has 0 aliphatic carbocycles. The molecule has 8 heteroatoms. The van der Waals surface area contributed by atoms with E-state index in [1.54, 1.807) is 5.38 Å². The van der Waals surface area contributed by atoms with Crippen molar-refractivity contribution in [2.75, 3.05) is 18.4 Å². The van der Waals surface area contributed by atoms with Crippen molar-refractivity contribution in [3.63, 3.8) is 0 Å². The summed E-state index contributed by atoms with van der Waals surface area (Å²) in [7, 11) is 0. The maximum absolute atomic E-state index is 12.6. The molecule has 0 bridgehead atoms. The highest BCUT2D eigenvalue weighted by atomic mass is 32.1. The van der Waals surface area contributed by atoms with Crippen LogP contribution < -0.4 is 10.1 Å². The first kappa shape index (κ1) is 21.0. The first-order chi connectivity index (χ1) is 14.6. The number of aromatic nitrogens is 2. The minimum atomic E-state index is -0.226. The molecule has 1 amide bonds. The lowest BCUT2D eigenvalue weighted by Crippen LogP contribution is -2.29. The molecule has 1 N–H and O–H groups in total. The Labute approximate surface area is 184 Å². The van der Waals surface area contributed by atoms with Crippen molar-refractivity contribution < 1.29 is 9.53 Å². The number of thiazole rings is 2. The standard InChI is InChI=1S/C22H26N4O2S2/c1-15(2)28-18-8-6-16(7-9-18)21-24-19(14-29-21)20(27)25-22-23-17(13-30-22)12-26-10-4-3-5-11-26/h6-9,13-15H,3-5,10-12H2,1-2H3,(H,23,25,27). The first-order valence-electron chi connectivity index (χ1n) is 10.3. The van der Waals surface area contributed by atoms with Crippen LogP contribution in [0.1, 0.15) is 49.3 Å². The van der Waals surface area contributed by atoms with Crippen molar-refractivity contribution in [2.45, 2.75) is 45.8 Å². The highest BCUT2D eigenvalue weighted by Crippen LogP contribution is 2.27. The number of ether oxygens (including phenoxy) is 1. The molecule has 0 unspecified atom stereocenters. The Kier molecular flexibility index (Phi) is 6.76. The lowest BCUT2D eigenvalue weighted by atomic mass is 10.1. The quantitative estimate of drug-likeness (QED) is 0.538. The molecular formula is C22H26N4O2S2. The maximum atomic E-state index is 12.6. The van der Waals surface area contributed by atoms with Gasteiger partial charge in [-0.05, 0) is 64.0 Å². The molecule has 3 aromatic rings. The van der Waals surface area contributed by atoms with Gasteiger partial charge >= 0.3 is 0 Å². The second-order valence-corrected chi connectivity index (χ2v) is 9.38. The smallest absolute Gasteiger partial charge is 0.276 e. The SMILES string of the molecule is CC(C)Oc1ccc(-c2nc(C(=O)Nc3nc(CN4CCCCC4)cs3)cs2)cc1. The minimum Gasteiger partial charge on any atom is -0.491 e. The summed E-state index contributed by atoms with van der Waals surface area (Å²) in [6, 6.07) is 7.78. The fourth-order valence-electron chi connectivity index (χ4n) is 3.40. The van der Waals surface area contributed by atoms with E-state index in [0.29, 0.717) is 10.8 Å². The topological polar surface area (TPSA) is 67.3 Å². The lowest BCUT2D eigenvalue weighted by molar-refractivity contribution is 0.102. The van der Waals surface area contributed by atoms with E-state index in [1.807, 2.05) is 43.5 Å². The summed E-state index contributed by atoms with van der Waals surface area (Å²) in [4.78, 5) is 24.1. The molecule has 1 aromatic carbocycles. The number of benzene rings is 1. The number of carbonyl (C=O) groups is 1. The second kappa shape index (κ2) is 9.68. The van der Waals surface area contributed by atoms with Gasteiger partial charge in [-0.25, -0.2) is 9.97 Å². The van der Waals surface area contributed by atoms with Gasteiger partial charge in [0.15, 0.2) is 5.13 Å². The van der Waals surface area contributed by atoms with E-state index in [4.69, 9.17) is 4.74 Å². The molecule has 1 saturated heterocycles. The van der Waals surface area contributed by atoms with Gasteiger partial charge in [-0.1, -0.05) is 6.42 Å². The Hall–Kier alpha value is -2.29. The zero-order chi connectivity index (χ0) is 20.9. The van der Waals surface area contributed by atoms with Crippen LogP contribution in [0.15, 0.2) is 35.0 Å². The summed E-state index contributed by atoms with van der Waals surface area (Å²) < 4.78 is 5.67. The van der Waals surface area contributed by atoms with Crippen LogP contribution in [0, 0.1) is 0 Å². The van der Waals surface area contributed by atoms with Crippen LogP contribution in [0.4, 0.5) is 5.13 Å². The van der Waals surface area contributed by atoms with Crippen LogP contribution >= 0.6 is 22.7 Å². The molecule has 1 fully saturated rings. The summed E-state index contributed by atoms with van der Waals surface area (Å²) in [5, 5.41) is 8.12. The zero-order valence-electron chi connectivity index (χ0n) is 17.3. The number of amides is 1. The highest BCUT2D eigenvalue weighted by molar-refractivity contribution is 7.14. The van der Waals surface area contributed by atoms with Crippen molar-refractivity contribution in [1.29, 1.82) is 0 Å². The third-order valence-electron chi connectivity index (χ3n) is 4.82. The number of rotatable bonds is 7. The van der Waals surface area contributed by atoms with Gasteiger partial charge in [-0.3, -0.25) is 15.0 Å². The van der Waals surface area contributed by atoms with Crippen LogP contribution in [0.2, 0.25) is 0 Å². The fraction of sp³-hybridized carbons (Fsp3) is 0.409. The molecule has 0 saturated carbocycles. The molecule has 1 aliphatic rings. The predicted octanol–water partition coefficient (Wildman–Crippen LogP) is 5.29. The third kappa shape index (κ3) is 5.44. The van der Waals surface area contributed by atoms with Gasteiger partial charge in [-0.15, -0.1) is 22.7 Å². The summed E-state index contributed by atoms with van der Waals surface area (Å²) in [5.74, 6) is 0.600. The van der Waals surface area contributed by atoms with E-state index in [1.165, 1.54) is 41.9 Å². The number of piperidine rings is 1. The molecule has 0 atom stereocenters. The Morgan fingerprint density at radius 2 is 1.87 bits per heavy atom. The third-order valence-corrected chi connectivity index (χ3v) is 6.51. The van der Waals surface area contributed by atoms with Gasteiger partial charge < -0.3 is 4.74 Å². The average Bonchev–Trinajstić information content (AvgIpc) is 3.39. The monoisotopic (exact) mass is 442 g/mol. The number of likely N-dealkylation sites (tertiary alicyclic amines) is 1. The number of nitrogens with one attached hydrogen (secondary N) is 1. The van der Waals surface area contributed by atoms with Gasteiger partial charge in [0.25, 0.3) is 5.91 Å². The van der Waals surface area contributed by atoms with Crippen LogP contribution in [-0.2, 0) is 6.54 Å². The maximum Gasteiger partial charge on any atom is 0.276 e. The Bertz CT molecular complexity index is 975. The van der Waals surface area contributed by atoms with E-state index < -0.39 is 0 Å². The Morgan fingerprint density at radius 3 is 2.60 bits per heavy atom. The largest absolute Gasteiger partial charge is 0.491 e. The molecule has 2 aromatic heterocycles. The van der Waals surface area contributed by atoms with Gasteiger partial charge in [0, 0.05) is 22.9 Å². The molecule has 6 nitrogen and oxygen atoms in total. The molecular weight excluding hydrogens is 416 g/mol. The van der Waals surface area contributed by atoms with Gasteiger partial charge in [-0.2, -0.15) is 0 Å². The van der Waals surface area contributed by atoms with Crippen LogP contribution in [-0.4, -0.2) is 40.0 Å². The van der Waals surface area contributed by atoms with Crippen LogP contribution in [0.3, 0.4) is 0 Å². The van der Waals surface area contributed by atoms with Crippen molar-refractivity contribution in [3.05, 3.63) is 46.4 Å². The number of nitrogens with zero attached hydrogens (tertiary/aromatic N) is 3. The predicted molar refractivity (Wildman–Crippen MR) is 123 cm³/mol. The minimum absolute atomic E-state index is 0.136. The first-order valence-corrected chi connectivity index (χ1v) is 12.0. The molecule has 0 radical (unpaired) electrons. The van der Waals surface area contributed by atoms with Gasteiger partial charge in [0.05, 0.1) is 11.8 Å². The number of hydrogen-bond acceptors (Lipinski definition) is 7. The highest BCUT2D eigenvalue weighted by Gasteiger charge is 2.16. The summed E-state index contributed by atoms with van der Waals surface area (Å²) in [5.41, 5.74) is 2.39. The van der Waals surface area contributed by atoms with Crippen molar-refractivity contribution >= 4 is 33.7 Å². The van der Waals surface area contributed by atoms with Crippen LogP contribution in [0.25, 0.3) is 10.6 Å². The summed E-state index contributed by atoms with van der Waals surface area (Å²) in [6.07, 6.45) is 3.97. The average molecular weight is 443 g/mol. The second-order valence-electron chi connectivity index (χ2n) is 7.66. The normalized spacial score (nSPS) is 14.8. The van der Waals surface area contributed by atoms with Gasteiger partial charge in [0.1, 0.15) is 16.5 Å². The summed E-state index contributed by atoms with van der Waals surface area (Å²) >= 11 is 2.92. The van der Waals surface area contributed by atoms with Crippen molar-refractivity contribution in [1.82, 2.24) is 14.9 Å². The van der Waals surface area contributed by atoms with Crippen LogP contribution in [0.5, 0.6) is 5.75 Å². The van der Waals surface area contributed by atoms with E-state index in [-0.39, 0.29) is 12.0 Å². The van der Waals surface area contributed by atoms with Gasteiger partial charge in [0.2, 0.25) is 0 Å². The fourth-order valence-corrected chi connectivity index (χ4v) is 4.91. The molecule has 30 heavy (non-hydrogen) atoms. The Morgan fingerprint density at radius 1 is 1.10 bits per heavy atom. The van der Waals surface area contributed by atoms with E-state index in [9.17, 15) is 4.79 Å². The number of anilines is 1. The molecule has 0 spiro atoms. The molecule has 158 valence electrons. The molecule has 1 aliphatic heterocycles. The summed E-state index contributed by atoms with van der Waals surface area (Å²) in [6.45, 7) is 7.11. The number of carbonyl (C=O) groups excluding carboxylic acids is 1. The Balaban J connectivity index is 1.36. The van der Waals surface area contributed by atoms with E-state index in [0.717, 1.165) is 41.6 Å². The lowest BCUT2D eigenvalue weighted by Gasteiger charge is -2.25. The van der Waals surface area contributed by atoms with Crippen molar-refractivity contribution in [2.24, 2.45) is 0 Å². The molecule has 4 rings (SSSR count). The zero-order valence-corrected chi connectivity index (χ0v) is 18.9.